The van der Waals surface area contributed by atoms with Gasteiger partial charge in [-0.3, -0.25) is 4.79 Å². The molecule has 0 atom stereocenters. The summed E-state index contributed by atoms with van der Waals surface area (Å²) in [6.07, 6.45) is 4.60. The second-order valence-corrected chi connectivity index (χ2v) is 4.82. The van der Waals surface area contributed by atoms with Crippen molar-refractivity contribution in [2.24, 2.45) is 5.73 Å². The lowest BCUT2D eigenvalue weighted by Gasteiger charge is -2.17. The van der Waals surface area contributed by atoms with Gasteiger partial charge in [0.1, 0.15) is 0 Å². The molecule has 4 nitrogen and oxygen atoms in total. The summed E-state index contributed by atoms with van der Waals surface area (Å²) in [5.41, 5.74) is 12.4. The summed E-state index contributed by atoms with van der Waals surface area (Å²) in [5.74, 6) is -0.514. The van der Waals surface area contributed by atoms with Crippen molar-refractivity contribution >= 4 is 28.9 Å². The highest BCUT2D eigenvalue weighted by molar-refractivity contribution is 6.34. The van der Waals surface area contributed by atoms with E-state index in [1.807, 2.05) is 0 Å². The van der Waals surface area contributed by atoms with E-state index in [2.05, 4.69) is 5.32 Å². The Balaban J connectivity index is 2.33. The van der Waals surface area contributed by atoms with Gasteiger partial charge in [0.15, 0.2) is 0 Å². The largest absolute Gasteiger partial charge is 0.399 e. The molecular formula is C12H16ClN3O. The van der Waals surface area contributed by atoms with Crippen molar-refractivity contribution in [1.29, 1.82) is 0 Å². The van der Waals surface area contributed by atoms with Crippen LogP contribution in [0.3, 0.4) is 0 Å². The molecule has 0 aromatic heterocycles. The number of nitrogens with one attached hydrogen (secondary N) is 1. The van der Waals surface area contributed by atoms with Crippen molar-refractivity contribution in [2.45, 2.75) is 31.7 Å². The smallest absolute Gasteiger partial charge is 0.250 e. The SMILES string of the molecule is NC(=O)c1cc(N)cc(Cl)c1NC1CCCC1. The first kappa shape index (κ1) is 12.0. The zero-order chi connectivity index (χ0) is 12.4. The number of halogens is 1. The fourth-order valence-electron chi connectivity index (χ4n) is 2.24. The van der Waals surface area contributed by atoms with Crippen molar-refractivity contribution in [3.63, 3.8) is 0 Å². The average Bonchev–Trinajstić information content (AvgIpc) is 2.74. The highest BCUT2D eigenvalue weighted by Gasteiger charge is 2.19. The minimum Gasteiger partial charge on any atom is -0.399 e. The van der Waals surface area contributed by atoms with Gasteiger partial charge < -0.3 is 16.8 Å². The van der Waals surface area contributed by atoms with E-state index in [1.165, 1.54) is 12.8 Å². The van der Waals surface area contributed by atoms with Crippen LogP contribution in [0.25, 0.3) is 0 Å². The van der Waals surface area contributed by atoms with Gasteiger partial charge in [0.05, 0.1) is 16.3 Å². The predicted molar refractivity (Wildman–Crippen MR) is 70.3 cm³/mol. The van der Waals surface area contributed by atoms with Crippen LogP contribution in [0.1, 0.15) is 36.0 Å². The molecule has 0 radical (unpaired) electrons. The third-order valence-electron chi connectivity index (χ3n) is 3.08. The number of hydrogen-bond donors (Lipinski definition) is 3. The number of primary amides is 1. The third kappa shape index (κ3) is 2.64. The Morgan fingerprint density at radius 2 is 2.00 bits per heavy atom. The molecule has 1 aliphatic rings. The van der Waals surface area contributed by atoms with Crippen LogP contribution in [0.2, 0.25) is 5.02 Å². The quantitative estimate of drug-likeness (QED) is 0.724. The molecule has 0 spiro atoms. The van der Waals surface area contributed by atoms with E-state index in [4.69, 9.17) is 23.1 Å². The molecular weight excluding hydrogens is 238 g/mol. The number of nitrogens with two attached hydrogens (primary N) is 2. The van der Waals surface area contributed by atoms with Gasteiger partial charge >= 0.3 is 0 Å². The van der Waals surface area contributed by atoms with Crippen LogP contribution in [-0.2, 0) is 0 Å². The molecule has 5 heteroatoms. The van der Waals surface area contributed by atoms with E-state index in [-0.39, 0.29) is 0 Å². The lowest BCUT2D eigenvalue weighted by molar-refractivity contribution is 0.100. The number of nitrogen functional groups attached to an aromatic ring is 1. The zero-order valence-corrected chi connectivity index (χ0v) is 10.3. The van der Waals surface area contributed by atoms with E-state index in [9.17, 15) is 4.79 Å². The van der Waals surface area contributed by atoms with E-state index < -0.39 is 5.91 Å². The van der Waals surface area contributed by atoms with Gasteiger partial charge in [0.25, 0.3) is 5.91 Å². The summed E-state index contributed by atoms with van der Waals surface area (Å²) in [6, 6.07) is 3.56. The van der Waals surface area contributed by atoms with Crippen LogP contribution in [0.5, 0.6) is 0 Å². The van der Waals surface area contributed by atoms with Gasteiger partial charge in [-0.25, -0.2) is 0 Å². The summed E-state index contributed by atoms with van der Waals surface area (Å²) in [5, 5.41) is 3.75. The summed E-state index contributed by atoms with van der Waals surface area (Å²) >= 11 is 6.11. The fraction of sp³-hybridized carbons (Fsp3) is 0.417. The molecule has 0 heterocycles. The summed E-state index contributed by atoms with van der Waals surface area (Å²) in [7, 11) is 0. The highest BCUT2D eigenvalue weighted by Crippen LogP contribution is 2.32. The third-order valence-corrected chi connectivity index (χ3v) is 3.38. The topological polar surface area (TPSA) is 81.1 Å². The van der Waals surface area contributed by atoms with Gasteiger partial charge in [-0.2, -0.15) is 0 Å². The number of rotatable bonds is 3. The first-order valence-electron chi connectivity index (χ1n) is 5.73. The maximum absolute atomic E-state index is 11.4. The maximum Gasteiger partial charge on any atom is 0.250 e. The molecule has 1 aromatic rings. The Kier molecular flexibility index (Phi) is 3.43. The van der Waals surface area contributed by atoms with Crippen LogP contribution in [0.15, 0.2) is 12.1 Å². The molecule has 1 fully saturated rings. The molecule has 1 saturated carbocycles. The van der Waals surface area contributed by atoms with E-state index in [1.54, 1.807) is 12.1 Å². The minimum absolute atomic E-state index is 0.363. The van der Waals surface area contributed by atoms with Crippen molar-refractivity contribution in [1.82, 2.24) is 0 Å². The monoisotopic (exact) mass is 253 g/mol. The molecule has 92 valence electrons. The Morgan fingerprint density at radius 3 is 2.59 bits per heavy atom. The number of carbonyl (C=O) groups is 1. The lowest BCUT2D eigenvalue weighted by atomic mass is 10.1. The van der Waals surface area contributed by atoms with Gasteiger partial charge in [-0.05, 0) is 25.0 Å². The number of benzene rings is 1. The maximum atomic E-state index is 11.4. The molecule has 0 bridgehead atoms. The number of carbonyl (C=O) groups excluding carboxylic acids is 1. The summed E-state index contributed by atoms with van der Waals surface area (Å²) in [6.45, 7) is 0. The van der Waals surface area contributed by atoms with Crippen LogP contribution < -0.4 is 16.8 Å². The Bertz CT molecular complexity index is 442. The molecule has 0 aliphatic heterocycles. The normalized spacial score (nSPS) is 16.1. The molecule has 2 rings (SSSR count). The first-order valence-corrected chi connectivity index (χ1v) is 6.11. The Morgan fingerprint density at radius 1 is 1.35 bits per heavy atom. The standard InChI is InChI=1S/C12H16ClN3O/c13-10-6-7(14)5-9(12(15)17)11(10)16-8-3-1-2-4-8/h5-6,8,16H,1-4,14H2,(H2,15,17). The highest BCUT2D eigenvalue weighted by atomic mass is 35.5. The van der Waals surface area contributed by atoms with Crippen molar-refractivity contribution in [2.75, 3.05) is 11.1 Å². The van der Waals surface area contributed by atoms with Crippen molar-refractivity contribution in [3.05, 3.63) is 22.7 Å². The van der Waals surface area contributed by atoms with Crippen LogP contribution in [0, 0.1) is 0 Å². The molecule has 17 heavy (non-hydrogen) atoms. The van der Waals surface area contributed by atoms with Gasteiger partial charge in [0, 0.05) is 11.7 Å². The summed E-state index contributed by atoms with van der Waals surface area (Å²) in [4.78, 5) is 11.4. The molecule has 1 aromatic carbocycles. The van der Waals surface area contributed by atoms with Gasteiger partial charge in [-0.15, -0.1) is 0 Å². The Labute approximate surface area is 105 Å². The minimum atomic E-state index is -0.514. The molecule has 0 saturated heterocycles. The van der Waals surface area contributed by atoms with Crippen molar-refractivity contribution in [3.8, 4) is 0 Å². The van der Waals surface area contributed by atoms with Crippen LogP contribution >= 0.6 is 11.6 Å². The predicted octanol–water partition coefficient (Wildman–Crippen LogP) is 2.38. The van der Waals surface area contributed by atoms with Crippen LogP contribution in [-0.4, -0.2) is 11.9 Å². The summed E-state index contributed by atoms with van der Waals surface area (Å²) < 4.78 is 0. The van der Waals surface area contributed by atoms with Gasteiger partial charge in [-0.1, -0.05) is 24.4 Å². The number of hydrogen-bond acceptors (Lipinski definition) is 3. The molecule has 1 amide bonds. The number of amides is 1. The van der Waals surface area contributed by atoms with E-state index >= 15 is 0 Å². The van der Waals surface area contributed by atoms with E-state index in [0.717, 1.165) is 12.8 Å². The van der Waals surface area contributed by atoms with E-state index in [0.29, 0.717) is 28.0 Å². The second kappa shape index (κ2) is 4.84. The average molecular weight is 254 g/mol. The Hall–Kier alpha value is -1.42. The van der Waals surface area contributed by atoms with Crippen LogP contribution in [0.4, 0.5) is 11.4 Å². The van der Waals surface area contributed by atoms with Gasteiger partial charge in [0.2, 0.25) is 0 Å². The molecule has 5 N–H and O–H groups in total. The number of anilines is 2. The van der Waals surface area contributed by atoms with Crippen molar-refractivity contribution < 1.29 is 4.79 Å². The molecule has 1 aliphatic carbocycles. The molecule has 0 unspecified atom stereocenters. The zero-order valence-electron chi connectivity index (χ0n) is 9.50. The second-order valence-electron chi connectivity index (χ2n) is 4.42. The fourth-order valence-corrected chi connectivity index (χ4v) is 2.53. The lowest BCUT2D eigenvalue weighted by Crippen LogP contribution is -2.20. The first-order chi connectivity index (χ1) is 8.08.